The van der Waals surface area contributed by atoms with Gasteiger partial charge in [0.05, 0.1) is 18.3 Å². The largest absolute Gasteiger partial charge is 0.493 e. The fourth-order valence-electron chi connectivity index (χ4n) is 2.18. The van der Waals surface area contributed by atoms with Crippen LogP contribution in [0.3, 0.4) is 0 Å². The number of benzene rings is 2. The highest BCUT2D eigenvalue weighted by Crippen LogP contribution is 2.36. The minimum absolute atomic E-state index is 0.211. The standard InChI is InChI=1S/C19H21ClN4O3S/c1-3-21-19(28)24-22-11-13-9-15(20)18(16(10-13)26-2)27-12-17(25)23-14-7-5-4-6-8-14/h4-11H,3,12H2,1-2H3,(H,23,25)(H2,21,24,28)/b22-11-. The molecular weight excluding hydrogens is 400 g/mol. The third kappa shape index (κ3) is 6.71. The lowest BCUT2D eigenvalue weighted by Crippen LogP contribution is -2.31. The van der Waals surface area contributed by atoms with E-state index in [-0.39, 0.29) is 18.3 Å². The molecule has 0 atom stereocenters. The number of halogens is 1. The van der Waals surface area contributed by atoms with Gasteiger partial charge in [-0.05, 0) is 49.0 Å². The molecule has 28 heavy (non-hydrogen) atoms. The van der Waals surface area contributed by atoms with Crippen molar-refractivity contribution in [2.45, 2.75) is 6.92 Å². The van der Waals surface area contributed by atoms with Crippen molar-refractivity contribution in [2.75, 3.05) is 25.6 Å². The zero-order valence-corrected chi connectivity index (χ0v) is 17.1. The molecule has 0 aliphatic heterocycles. The smallest absolute Gasteiger partial charge is 0.262 e. The number of rotatable bonds is 8. The molecule has 0 saturated carbocycles. The Bertz CT molecular complexity index is 847. The summed E-state index contributed by atoms with van der Waals surface area (Å²) in [5.74, 6) is 0.354. The second-order valence-corrected chi connectivity index (χ2v) is 6.28. The fourth-order valence-corrected chi connectivity index (χ4v) is 2.65. The molecule has 2 rings (SSSR count). The Morgan fingerprint density at radius 2 is 2.04 bits per heavy atom. The molecule has 1 amide bonds. The zero-order valence-electron chi connectivity index (χ0n) is 15.5. The predicted molar refractivity (Wildman–Crippen MR) is 116 cm³/mol. The van der Waals surface area contributed by atoms with Gasteiger partial charge in [-0.1, -0.05) is 29.8 Å². The molecule has 2 aromatic rings. The first-order chi connectivity index (χ1) is 13.5. The molecule has 0 fully saturated rings. The van der Waals surface area contributed by atoms with Crippen molar-refractivity contribution in [1.29, 1.82) is 0 Å². The lowest BCUT2D eigenvalue weighted by Gasteiger charge is -2.13. The van der Waals surface area contributed by atoms with Gasteiger partial charge in [0, 0.05) is 12.2 Å². The van der Waals surface area contributed by atoms with Gasteiger partial charge in [0.25, 0.3) is 5.91 Å². The second kappa shape index (κ2) is 11.1. The topological polar surface area (TPSA) is 84.0 Å². The van der Waals surface area contributed by atoms with Gasteiger partial charge in [-0.3, -0.25) is 10.2 Å². The average Bonchev–Trinajstić information content (AvgIpc) is 2.67. The van der Waals surface area contributed by atoms with Gasteiger partial charge in [0.1, 0.15) is 0 Å². The van der Waals surface area contributed by atoms with Crippen molar-refractivity contribution in [1.82, 2.24) is 10.7 Å². The summed E-state index contributed by atoms with van der Waals surface area (Å²) in [6, 6.07) is 12.4. The van der Waals surface area contributed by atoms with Crippen LogP contribution in [0, 0.1) is 0 Å². The quantitative estimate of drug-likeness (QED) is 0.345. The van der Waals surface area contributed by atoms with Crippen LogP contribution in [0.25, 0.3) is 0 Å². The van der Waals surface area contributed by atoms with Crippen molar-refractivity contribution in [3.8, 4) is 11.5 Å². The number of thiocarbonyl (C=S) groups is 1. The summed E-state index contributed by atoms with van der Waals surface area (Å²) < 4.78 is 10.9. The van der Waals surface area contributed by atoms with Crippen molar-refractivity contribution < 1.29 is 14.3 Å². The van der Waals surface area contributed by atoms with E-state index in [0.29, 0.717) is 33.7 Å². The number of hydrogen-bond donors (Lipinski definition) is 3. The molecule has 0 heterocycles. The summed E-state index contributed by atoms with van der Waals surface area (Å²) in [5, 5.41) is 10.4. The SMILES string of the molecule is CCNC(=S)N/N=C\c1cc(Cl)c(OCC(=O)Nc2ccccc2)c(OC)c1. The molecule has 0 bridgehead atoms. The fraction of sp³-hybridized carbons (Fsp3) is 0.211. The van der Waals surface area contributed by atoms with E-state index in [1.54, 1.807) is 30.5 Å². The number of anilines is 1. The van der Waals surface area contributed by atoms with Crippen molar-refractivity contribution in [3.63, 3.8) is 0 Å². The van der Waals surface area contributed by atoms with E-state index in [1.807, 2.05) is 25.1 Å². The van der Waals surface area contributed by atoms with Crippen LogP contribution < -0.4 is 25.5 Å². The van der Waals surface area contributed by atoms with Crippen LogP contribution in [0.2, 0.25) is 5.02 Å². The van der Waals surface area contributed by atoms with Crippen LogP contribution in [0.4, 0.5) is 5.69 Å². The Balaban J connectivity index is 2.01. The summed E-state index contributed by atoms with van der Waals surface area (Å²) in [6.45, 7) is 2.42. The van der Waals surface area contributed by atoms with E-state index in [2.05, 4.69) is 21.2 Å². The predicted octanol–water partition coefficient (Wildman–Crippen LogP) is 3.18. The first kappa shape index (κ1) is 21.5. The maximum absolute atomic E-state index is 12.1. The van der Waals surface area contributed by atoms with E-state index in [0.717, 1.165) is 0 Å². The van der Waals surface area contributed by atoms with Crippen molar-refractivity contribution >= 4 is 46.7 Å². The summed E-state index contributed by atoms with van der Waals surface area (Å²) >= 11 is 11.3. The van der Waals surface area contributed by atoms with Gasteiger partial charge < -0.3 is 20.1 Å². The molecule has 148 valence electrons. The molecule has 7 nitrogen and oxygen atoms in total. The van der Waals surface area contributed by atoms with Crippen LogP contribution in [0.1, 0.15) is 12.5 Å². The first-order valence-corrected chi connectivity index (χ1v) is 9.24. The van der Waals surface area contributed by atoms with Gasteiger partial charge in [-0.15, -0.1) is 0 Å². The van der Waals surface area contributed by atoms with Crippen LogP contribution in [-0.4, -0.2) is 37.5 Å². The van der Waals surface area contributed by atoms with Gasteiger partial charge in [-0.2, -0.15) is 5.10 Å². The zero-order chi connectivity index (χ0) is 20.4. The number of carbonyl (C=O) groups is 1. The first-order valence-electron chi connectivity index (χ1n) is 8.45. The number of nitrogens with one attached hydrogen (secondary N) is 3. The molecule has 3 N–H and O–H groups in total. The van der Waals surface area contributed by atoms with E-state index < -0.39 is 0 Å². The lowest BCUT2D eigenvalue weighted by atomic mass is 10.2. The third-order valence-electron chi connectivity index (χ3n) is 3.37. The van der Waals surface area contributed by atoms with Crippen molar-refractivity contribution in [3.05, 3.63) is 53.1 Å². The molecule has 0 aliphatic rings. The molecule has 0 radical (unpaired) electrons. The number of para-hydroxylation sites is 1. The molecule has 0 unspecified atom stereocenters. The second-order valence-electron chi connectivity index (χ2n) is 5.47. The van der Waals surface area contributed by atoms with Crippen LogP contribution in [-0.2, 0) is 4.79 Å². The Labute approximate surface area is 174 Å². The molecule has 0 spiro atoms. The maximum Gasteiger partial charge on any atom is 0.262 e. The Kier molecular flexibility index (Phi) is 8.51. The number of amides is 1. The van der Waals surface area contributed by atoms with Crippen LogP contribution in [0.5, 0.6) is 11.5 Å². The number of ether oxygens (including phenoxy) is 2. The third-order valence-corrected chi connectivity index (χ3v) is 3.89. The molecule has 0 saturated heterocycles. The number of carbonyl (C=O) groups excluding carboxylic acids is 1. The molecule has 9 heteroatoms. The molecule has 0 aromatic heterocycles. The van der Waals surface area contributed by atoms with E-state index in [4.69, 9.17) is 33.3 Å². The van der Waals surface area contributed by atoms with Crippen LogP contribution >= 0.6 is 23.8 Å². The molecular formula is C19H21ClN4O3S. The number of hydrogen-bond acceptors (Lipinski definition) is 5. The van der Waals surface area contributed by atoms with Gasteiger partial charge in [0.15, 0.2) is 23.2 Å². The van der Waals surface area contributed by atoms with Gasteiger partial charge in [-0.25, -0.2) is 0 Å². The Hall–Kier alpha value is -2.84. The minimum atomic E-state index is -0.309. The molecule has 0 aliphatic carbocycles. The minimum Gasteiger partial charge on any atom is -0.493 e. The van der Waals surface area contributed by atoms with E-state index in [9.17, 15) is 4.79 Å². The summed E-state index contributed by atoms with van der Waals surface area (Å²) in [4.78, 5) is 12.1. The van der Waals surface area contributed by atoms with E-state index in [1.165, 1.54) is 7.11 Å². The normalized spacial score (nSPS) is 10.4. The summed E-state index contributed by atoms with van der Waals surface area (Å²) in [5.41, 5.74) is 4.05. The summed E-state index contributed by atoms with van der Waals surface area (Å²) in [6.07, 6.45) is 1.55. The number of hydrazone groups is 1. The van der Waals surface area contributed by atoms with Gasteiger partial charge >= 0.3 is 0 Å². The highest BCUT2D eigenvalue weighted by molar-refractivity contribution is 7.80. The highest BCUT2D eigenvalue weighted by atomic mass is 35.5. The van der Waals surface area contributed by atoms with Crippen LogP contribution in [0.15, 0.2) is 47.6 Å². The van der Waals surface area contributed by atoms with Crippen molar-refractivity contribution in [2.24, 2.45) is 5.10 Å². The number of nitrogens with zero attached hydrogens (tertiary/aromatic N) is 1. The number of methoxy groups -OCH3 is 1. The van der Waals surface area contributed by atoms with E-state index >= 15 is 0 Å². The average molecular weight is 421 g/mol. The Morgan fingerprint density at radius 3 is 2.71 bits per heavy atom. The molecule has 2 aromatic carbocycles. The Morgan fingerprint density at radius 1 is 1.29 bits per heavy atom. The summed E-state index contributed by atoms with van der Waals surface area (Å²) in [7, 11) is 1.49. The maximum atomic E-state index is 12.1. The highest BCUT2D eigenvalue weighted by Gasteiger charge is 2.13. The monoisotopic (exact) mass is 420 g/mol. The van der Waals surface area contributed by atoms with Gasteiger partial charge in [0.2, 0.25) is 0 Å². The lowest BCUT2D eigenvalue weighted by molar-refractivity contribution is -0.118.